The van der Waals surface area contributed by atoms with Gasteiger partial charge in [-0.15, -0.1) is 0 Å². The van der Waals surface area contributed by atoms with E-state index in [0.717, 1.165) is 88.4 Å². The first-order chi connectivity index (χ1) is 25.3. The molecule has 4 nitrogen and oxygen atoms in total. The number of hydrogen-bond acceptors (Lipinski definition) is 4. The van der Waals surface area contributed by atoms with Crippen LogP contribution in [0.4, 0.5) is 17.1 Å². The maximum Gasteiger partial charge on any atom is 0.0972 e. The van der Waals surface area contributed by atoms with E-state index < -0.39 is 0 Å². The van der Waals surface area contributed by atoms with Crippen molar-refractivity contribution in [2.75, 3.05) is 4.90 Å². The molecule has 0 bridgehead atoms. The number of nitrogens with zero attached hydrogens (tertiary/aromatic N) is 4. The largest absolute Gasteiger partial charge is 0.308 e. The van der Waals surface area contributed by atoms with E-state index in [4.69, 9.17) is 15.0 Å². The standard InChI is InChI=1S/C47H30N4/c1-4-14-31(15-5-1)44-43-39(40-28-27-33-26-25-32-17-13-29-48-45(32)46(33)49-40)30-34-16-10-11-22-37(34)42(43)38-23-12-24-41(47(38)50-44)51(35-18-6-2-7-19-35)36-20-8-3-9-21-36/h1-30H. The zero-order chi connectivity index (χ0) is 33.7. The highest BCUT2D eigenvalue weighted by atomic mass is 15.1. The van der Waals surface area contributed by atoms with Crippen LogP contribution in [0.15, 0.2) is 182 Å². The van der Waals surface area contributed by atoms with Crippen LogP contribution in [-0.4, -0.2) is 15.0 Å². The van der Waals surface area contributed by atoms with E-state index in [2.05, 4.69) is 175 Å². The van der Waals surface area contributed by atoms with Gasteiger partial charge in [0.1, 0.15) is 0 Å². The molecule has 0 N–H and O–H groups in total. The molecule has 10 rings (SSSR count). The lowest BCUT2D eigenvalue weighted by molar-refractivity contribution is 1.28. The van der Waals surface area contributed by atoms with Gasteiger partial charge >= 0.3 is 0 Å². The lowest BCUT2D eigenvalue weighted by atomic mass is 9.90. The Balaban J connectivity index is 1.37. The van der Waals surface area contributed by atoms with Crippen molar-refractivity contribution in [1.82, 2.24) is 15.0 Å². The summed E-state index contributed by atoms with van der Waals surface area (Å²) in [5, 5.41) is 7.79. The van der Waals surface area contributed by atoms with Gasteiger partial charge in [0.05, 0.1) is 33.6 Å². The van der Waals surface area contributed by atoms with Crippen molar-refractivity contribution in [2.24, 2.45) is 0 Å². The van der Waals surface area contributed by atoms with Gasteiger partial charge in [-0.2, -0.15) is 0 Å². The van der Waals surface area contributed by atoms with E-state index in [1.54, 1.807) is 0 Å². The number of fused-ring (bicyclic) bond motifs is 8. The lowest BCUT2D eigenvalue weighted by Crippen LogP contribution is -2.11. The van der Waals surface area contributed by atoms with Crippen molar-refractivity contribution in [2.45, 2.75) is 0 Å². The Kier molecular flexibility index (Phi) is 6.78. The van der Waals surface area contributed by atoms with Gasteiger partial charge in [0.15, 0.2) is 0 Å². The maximum absolute atomic E-state index is 5.67. The summed E-state index contributed by atoms with van der Waals surface area (Å²) in [4.78, 5) is 18.1. The fourth-order valence-corrected chi connectivity index (χ4v) is 7.53. The predicted octanol–water partition coefficient (Wildman–Crippen LogP) is 12.4. The molecule has 0 aliphatic rings. The van der Waals surface area contributed by atoms with Crippen LogP contribution in [0.2, 0.25) is 0 Å². The van der Waals surface area contributed by atoms with Gasteiger partial charge in [-0.05, 0) is 59.3 Å². The van der Waals surface area contributed by atoms with E-state index in [1.165, 1.54) is 5.39 Å². The lowest BCUT2D eigenvalue weighted by Gasteiger charge is -2.27. The van der Waals surface area contributed by atoms with Gasteiger partial charge in [-0.1, -0.05) is 127 Å². The minimum absolute atomic E-state index is 0.890. The molecule has 51 heavy (non-hydrogen) atoms. The molecule has 0 saturated carbocycles. The number of para-hydroxylation sites is 3. The molecule has 7 aromatic carbocycles. The summed E-state index contributed by atoms with van der Waals surface area (Å²) >= 11 is 0. The van der Waals surface area contributed by atoms with Gasteiger partial charge in [-0.3, -0.25) is 4.98 Å². The molecule has 0 amide bonds. The van der Waals surface area contributed by atoms with Crippen LogP contribution >= 0.6 is 0 Å². The summed E-state index contributed by atoms with van der Waals surface area (Å²) in [6.45, 7) is 0. The zero-order valence-corrected chi connectivity index (χ0v) is 27.6. The second kappa shape index (κ2) is 11.9. The molecule has 4 heteroatoms. The minimum atomic E-state index is 0.890. The highest BCUT2D eigenvalue weighted by molar-refractivity contribution is 6.27. The van der Waals surface area contributed by atoms with Crippen molar-refractivity contribution in [3.05, 3.63) is 182 Å². The van der Waals surface area contributed by atoms with Crippen molar-refractivity contribution in [1.29, 1.82) is 0 Å². The molecule has 10 aromatic rings. The van der Waals surface area contributed by atoms with E-state index in [1.807, 2.05) is 12.3 Å². The normalized spacial score (nSPS) is 11.5. The first-order valence-electron chi connectivity index (χ1n) is 17.2. The number of benzene rings is 7. The predicted molar refractivity (Wildman–Crippen MR) is 213 cm³/mol. The third kappa shape index (κ3) is 4.80. The molecule has 3 heterocycles. The van der Waals surface area contributed by atoms with E-state index >= 15 is 0 Å². The van der Waals surface area contributed by atoms with Crippen LogP contribution in [0, 0.1) is 0 Å². The third-order valence-electron chi connectivity index (χ3n) is 9.82. The molecule has 0 saturated heterocycles. The van der Waals surface area contributed by atoms with E-state index in [-0.39, 0.29) is 0 Å². The fraction of sp³-hybridized carbons (Fsp3) is 0. The summed E-state index contributed by atoms with van der Waals surface area (Å²) in [6.07, 6.45) is 1.84. The van der Waals surface area contributed by atoms with E-state index in [0.29, 0.717) is 0 Å². The molecule has 0 aliphatic heterocycles. The molecule has 0 unspecified atom stereocenters. The second-order valence-corrected chi connectivity index (χ2v) is 12.8. The first-order valence-corrected chi connectivity index (χ1v) is 17.2. The highest BCUT2D eigenvalue weighted by Gasteiger charge is 2.23. The van der Waals surface area contributed by atoms with Gasteiger partial charge in [0, 0.05) is 55.6 Å². The van der Waals surface area contributed by atoms with Crippen LogP contribution in [0.25, 0.3) is 76.8 Å². The van der Waals surface area contributed by atoms with E-state index in [9.17, 15) is 0 Å². The first kappa shape index (κ1) is 29.0. The molecule has 0 spiro atoms. The van der Waals surface area contributed by atoms with Crippen LogP contribution < -0.4 is 4.90 Å². The van der Waals surface area contributed by atoms with Crippen LogP contribution in [0.3, 0.4) is 0 Å². The number of pyridine rings is 3. The highest BCUT2D eigenvalue weighted by Crippen LogP contribution is 2.46. The Morgan fingerprint density at radius 1 is 0.412 bits per heavy atom. The Labute approximate surface area is 294 Å². The van der Waals surface area contributed by atoms with Crippen molar-refractivity contribution in [3.63, 3.8) is 0 Å². The molecular formula is C47H30N4. The van der Waals surface area contributed by atoms with Crippen LogP contribution in [0.5, 0.6) is 0 Å². The van der Waals surface area contributed by atoms with Gasteiger partial charge in [0.25, 0.3) is 0 Å². The average Bonchev–Trinajstić information content (AvgIpc) is 3.21. The molecule has 3 aromatic heterocycles. The molecule has 238 valence electrons. The number of anilines is 3. The van der Waals surface area contributed by atoms with Crippen molar-refractivity contribution < 1.29 is 0 Å². The third-order valence-corrected chi connectivity index (χ3v) is 9.82. The monoisotopic (exact) mass is 650 g/mol. The Morgan fingerprint density at radius 3 is 1.80 bits per heavy atom. The average molecular weight is 651 g/mol. The summed E-state index contributed by atoms with van der Waals surface area (Å²) in [6, 6.07) is 61.8. The molecule has 0 aliphatic carbocycles. The number of hydrogen-bond donors (Lipinski definition) is 0. The van der Waals surface area contributed by atoms with Gasteiger partial charge in [-0.25, -0.2) is 9.97 Å². The Bertz CT molecular complexity index is 2870. The minimum Gasteiger partial charge on any atom is -0.308 e. The summed E-state index contributed by atoms with van der Waals surface area (Å²) in [7, 11) is 0. The Morgan fingerprint density at radius 2 is 1.04 bits per heavy atom. The molecule has 0 atom stereocenters. The van der Waals surface area contributed by atoms with Crippen molar-refractivity contribution in [3.8, 4) is 22.5 Å². The van der Waals surface area contributed by atoms with Gasteiger partial charge < -0.3 is 4.90 Å². The van der Waals surface area contributed by atoms with Crippen LogP contribution in [0.1, 0.15) is 0 Å². The zero-order valence-electron chi connectivity index (χ0n) is 27.6. The SMILES string of the molecule is c1ccc(-c2nc3c(N(c4ccccc4)c4ccccc4)cccc3c3c2c(-c2ccc4ccc5cccnc5c4n2)cc2ccccc23)cc1. The summed E-state index contributed by atoms with van der Waals surface area (Å²) in [5.74, 6) is 0. The molecular weight excluding hydrogens is 621 g/mol. The topological polar surface area (TPSA) is 41.9 Å². The molecule has 0 fully saturated rings. The molecule has 0 radical (unpaired) electrons. The second-order valence-electron chi connectivity index (χ2n) is 12.8. The fourth-order valence-electron chi connectivity index (χ4n) is 7.53. The maximum atomic E-state index is 5.67. The number of aromatic nitrogens is 3. The number of rotatable bonds is 5. The summed E-state index contributed by atoms with van der Waals surface area (Å²) < 4.78 is 0. The summed E-state index contributed by atoms with van der Waals surface area (Å²) in [5.41, 5.74) is 9.78. The van der Waals surface area contributed by atoms with Crippen LogP contribution in [-0.2, 0) is 0 Å². The Hall–Kier alpha value is -6.91. The van der Waals surface area contributed by atoms with Crippen molar-refractivity contribution >= 4 is 71.3 Å². The smallest absolute Gasteiger partial charge is 0.0972 e. The quantitative estimate of drug-likeness (QED) is 0.174. The van der Waals surface area contributed by atoms with Gasteiger partial charge in [0.2, 0.25) is 0 Å².